The zero-order valence-electron chi connectivity index (χ0n) is 7.71. The molecule has 0 bridgehead atoms. The van der Waals surface area contributed by atoms with Gasteiger partial charge in [-0.05, 0) is 24.2 Å². The normalized spacial score (nSPS) is 13.3. The van der Waals surface area contributed by atoms with Gasteiger partial charge in [0.15, 0.2) is 0 Å². The first-order valence-corrected chi connectivity index (χ1v) is 4.95. The lowest BCUT2D eigenvalue weighted by atomic mass is 10.1. The summed E-state index contributed by atoms with van der Waals surface area (Å²) in [6, 6.07) is 9.51. The summed E-state index contributed by atoms with van der Waals surface area (Å²) in [6.07, 6.45) is 0. The average Bonchev–Trinajstić information content (AvgIpc) is 2.26. The molecule has 1 aromatic rings. The fourth-order valence-corrected chi connectivity index (χ4v) is 1.74. The Bertz CT molecular complexity index is 356. The molecule has 72 valence electrons. The van der Waals surface area contributed by atoms with Crippen LogP contribution in [0.1, 0.15) is 17.7 Å². The molecular weight excluding hydrogens is 196 g/mol. The van der Waals surface area contributed by atoms with Gasteiger partial charge >= 0.3 is 0 Å². The van der Waals surface area contributed by atoms with Gasteiger partial charge in [-0.1, -0.05) is 35.5 Å². The zero-order valence-corrected chi connectivity index (χ0v) is 8.53. The second-order valence-electron chi connectivity index (χ2n) is 2.74. The molecule has 1 atom stereocenters. The van der Waals surface area contributed by atoms with Gasteiger partial charge < -0.3 is 5.21 Å². The second-order valence-corrected chi connectivity index (χ2v) is 3.63. The predicted octanol–water partition coefficient (Wildman–Crippen LogP) is 2.79. The Morgan fingerprint density at radius 1 is 1.50 bits per heavy atom. The number of oxime groups is 1. The van der Waals surface area contributed by atoms with Gasteiger partial charge in [0.25, 0.3) is 0 Å². The molecule has 14 heavy (non-hydrogen) atoms. The van der Waals surface area contributed by atoms with Crippen molar-refractivity contribution in [3.05, 3.63) is 35.9 Å². The molecule has 1 unspecified atom stereocenters. The minimum atomic E-state index is -0.189. The summed E-state index contributed by atoms with van der Waals surface area (Å²) in [6.45, 7) is 1.70. The van der Waals surface area contributed by atoms with Crippen LogP contribution in [0.3, 0.4) is 0 Å². The van der Waals surface area contributed by atoms with Crippen LogP contribution < -0.4 is 0 Å². The molecule has 0 aliphatic heterocycles. The molecule has 1 aromatic carbocycles. The third kappa shape index (κ3) is 2.51. The van der Waals surface area contributed by atoms with Crippen LogP contribution in [0, 0.1) is 10.7 Å². The lowest BCUT2D eigenvalue weighted by Crippen LogP contribution is -2.04. The Morgan fingerprint density at radius 3 is 2.64 bits per heavy atom. The molecule has 0 spiro atoms. The van der Waals surface area contributed by atoms with Crippen molar-refractivity contribution < 1.29 is 5.21 Å². The number of hydrogen-bond acceptors (Lipinski definition) is 4. The number of benzene rings is 1. The lowest BCUT2D eigenvalue weighted by Gasteiger charge is -2.10. The third-order valence-electron chi connectivity index (χ3n) is 1.81. The van der Waals surface area contributed by atoms with Gasteiger partial charge in [0, 0.05) is 0 Å². The predicted molar refractivity (Wildman–Crippen MR) is 57.3 cm³/mol. The van der Waals surface area contributed by atoms with Gasteiger partial charge in [-0.2, -0.15) is 5.26 Å². The van der Waals surface area contributed by atoms with Gasteiger partial charge in [-0.15, -0.1) is 0 Å². The third-order valence-corrected chi connectivity index (χ3v) is 2.76. The van der Waals surface area contributed by atoms with Crippen LogP contribution >= 0.6 is 11.8 Å². The van der Waals surface area contributed by atoms with Gasteiger partial charge in [0.1, 0.15) is 5.40 Å². The van der Waals surface area contributed by atoms with Crippen LogP contribution in [0.2, 0.25) is 0 Å². The van der Waals surface area contributed by atoms with Crippen molar-refractivity contribution in [2.45, 2.75) is 12.2 Å². The van der Waals surface area contributed by atoms with E-state index >= 15 is 0 Å². The van der Waals surface area contributed by atoms with E-state index < -0.39 is 0 Å². The van der Waals surface area contributed by atoms with Crippen molar-refractivity contribution in [3.8, 4) is 5.40 Å². The highest BCUT2D eigenvalue weighted by atomic mass is 32.2. The van der Waals surface area contributed by atoms with E-state index in [-0.39, 0.29) is 5.25 Å². The van der Waals surface area contributed by atoms with E-state index in [9.17, 15) is 0 Å². The highest BCUT2D eigenvalue weighted by Gasteiger charge is 2.15. The van der Waals surface area contributed by atoms with Gasteiger partial charge in [0.05, 0.1) is 11.0 Å². The molecule has 0 amide bonds. The summed E-state index contributed by atoms with van der Waals surface area (Å²) in [4.78, 5) is 0. The van der Waals surface area contributed by atoms with Gasteiger partial charge in [-0.3, -0.25) is 0 Å². The Kier molecular flexibility index (Phi) is 4.02. The van der Waals surface area contributed by atoms with Crippen LogP contribution in [0.4, 0.5) is 0 Å². The molecule has 0 aliphatic rings. The van der Waals surface area contributed by atoms with Crippen molar-refractivity contribution in [2.24, 2.45) is 5.16 Å². The highest BCUT2D eigenvalue weighted by Crippen LogP contribution is 2.29. The highest BCUT2D eigenvalue weighted by molar-refractivity contribution is 8.04. The number of nitrogens with zero attached hydrogens (tertiary/aromatic N) is 2. The molecule has 0 radical (unpaired) electrons. The number of nitriles is 1. The molecule has 0 saturated heterocycles. The van der Waals surface area contributed by atoms with E-state index in [1.807, 2.05) is 35.7 Å². The smallest absolute Gasteiger partial charge is 0.134 e. The Labute approximate surface area is 87.1 Å². The van der Waals surface area contributed by atoms with Crippen molar-refractivity contribution in [1.82, 2.24) is 0 Å². The summed E-state index contributed by atoms with van der Waals surface area (Å²) in [7, 11) is 0. The van der Waals surface area contributed by atoms with Gasteiger partial charge in [-0.25, -0.2) is 0 Å². The lowest BCUT2D eigenvalue weighted by molar-refractivity contribution is 0.317. The SMILES string of the molecule is C/C(=N\O)C(SC#N)c1ccccc1. The zero-order chi connectivity index (χ0) is 10.4. The Hall–Kier alpha value is -1.47. The largest absolute Gasteiger partial charge is 0.411 e. The maximum Gasteiger partial charge on any atom is 0.134 e. The molecule has 1 N–H and O–H groups in total. The van der Waals surface area contributed by atoms with E-state index in [0.717, 1.165) is 17.3 Å². The standard InChI is InChI=1S/C10H10N2OS/c1-8(12-13)10(14-7-11)9-5-3-2-4-6-9/h2-6,10,13H,1H3/b12-8+. The molecule has 0 fully saturated rings. The number of thioether (sulfide) groups is 1. The molecule has 0 aromatic heterocycles. The quantitative estimate of drug-likeness (QED) is 0.358. The van der Waals surface area contributed by atoms with E-state index in [1.165, 1.54) is 0 Å². The minimum absolute atomic E-state index is 0.189. The van der Waals surface area contributed by atoms with Crippen molar-refractivity contribution >= 4 is 17.5 Å². The molecule has 0 aliphatic carbocycles. The first kappa shape index (κ1) is 10.6. The van der Waals surface area contributed by atoms with Gasteiger partial charge in [0.2, 0.25) is 0 Å². The molecule has 3 nitrogen and oxygen atoms in total. The van der Waals surface area contributed by atoms with Crippen molar-refractivity contribution in [3.63, 3.8) is 0 Å². The average molecular weight is 206 g/mol. The van der Waals surface area contributed by atoms with E-state index in [4.69, 9.17) is 10.5 Å². The monoisotopic (exact) mass is 206 g/mol. The second kappa shape index (κ2) is 5.30. The minimum Gasteiger partial charge on any atom is -0.411 e. The summed E-state index contributed by atoms with van der Waals surface area (Å²) in [5, 5.41) is 22.2. The van der Waals surface area contributed by atoms with Crippen LogP contribution in [0.15, 0.2) is 35.5 Å². The maximum atomic E-state index is 8.66. The summed E-state index contributed by atoms with van der Waals surface area (Å²) >= 11 is 1.08. The van der Waals surface area contributed by atoms with E-state index in [0.29, 0.717) is 5.71 Å². The van der Waals surface area contributed by atoms with Crippen LogP contribution in [0.5, 0.6) is 0 Å². The number of thiocyanates is 1. The first-order chi connectivity index (χ1) is 6.79. The van der Waals surface area contributed by atoms with Crippen LogP contribution in [-0.2, 0) is 0 Å². The Balaban J connectivity index is 2.96. The number of hydrogen-bond donors (Lipinski definition) is 1. The molecule has 0 saturated carbocycles. The number of rotatable bonds is 3. The molecule has 0 heterocycles. The van der Waals surface area contributed by atoms with Crippen LogP contribution in [-0.4, -0.2) is 10.9 Å². The van der Waals surface area contributed by atoms with Crippen LogP contribution in [0.25, 0.3) is 0 Å². The summed E-state index contributed by atoms with van der Waals surface area (Å²) in [5.41, 5.74) is 1.50. The maximum absolute atomic E-state index is 8.66. The van der Waals surface area contributed by atoms with Crippen molar-refractivity contribution in [1.29, 1.82) is 5.26 Å². The first-order valence-electron chi connectivity index (χ1n) is 4.08. The Morgan fingerprint density at radius 2 is 2.14 bits per heavy atom. The topological polar surface area (TPSA) is 56.4 Å². The summed E-state index contributed by atoms with van der Waals surface area (Å²) in [5.74, 6) is 0. The molecular formula is C10H10N2OS. The molecule has 4 heteroatoms. The van der Waals surface area contributed by atoms with E-state index in [2.05, 4.69) is 5.16 Å². The molecule has 1 rings (SSSR count). The van der Waals surface area contributed by atoms with E-state index in [1.54, 1.807) is 6.92 Å². The fraction of sp³-hybridized carbons (Fsp3) is 0.200. The fourth-order valence-electron chi connectivity index (χ4n) is 1.13. The summed E-state index contributed by atoms with van der Waals surface area (Å²) < 4.78 is 0. The van der Waals surface area contributed by atoms with Crippen molar-refractivity contribution in [2.75, 3.05) is 0 Å².